The lowest BCUT2D eigenvalue weighted by atomic mass is 9.81. The van der Waals surface area contributed by atoms with Gasteiger partial charge in [0.05, 0.1) is 6.10 Å². The second kappa shape index (κ2) is 7.65. The van der Waals surface area contributed by atoms with Crippen molar-refractivity contribution < 1.29 is 24.0 Å². The number of ether oxygens (including phenoxy) is 2. The van der Waals surface area contributed by atoms with E-state index in [-0.39, 0.29) is 25.7 Å². The molecule has 2 rings (SSSR count). The molecule has 1 heterocycles. The van der Waals surface area contributed by atoms with Crippen LogP contribution in [0.1, 0.15) is 18.6 Å². The minimum atomic E-state index is -0.786. The number of halogens is 1. The minimum Gasteiger partial charge on any atom is -0.491 e. The highest BCUT2D eigenvalue weighted by atomic mass is 35.5. The summed E-state index contributed by atoms with van der Waals surface area (Å²) in [6, 6.07) is 5.34. The molecule has 2 atom stereocenters. The molecule has 1 radical (unpaired) electrons. The minimum absolute atomic E-state index is 0.112. The zero-order valence-electron chi connectivity index (χ0n) is 11.5. The SMILES string of the molecule is CC(=O)OC[C@@H]1COc2cccc(C(O)CNCl)c2[B]O1. The highest BCUT2D eigenvalue weighted by molar-refractivity contribution is 6.49. The zero-order chi connectivity index (χ0) is 15.2. The number of rotatable bonds is 5. The molecule has 1 aliphatic rings. The molecular formula is C13H16BClNO5. The smallest absolute Gasteiger partial charge is 0.334 e. The molecular weight excluding hydrogens is 296 g/mol. The molecule has 8 heteroatoms. The Morgan fingerprint density at radius 3 is 3.19 bits per heavy atom. The Bertz CT molecular complexity index is 501. The summed E-state index contributed by atoms with van der Waals surface area (Å²) in [4.78, 5) is 13.2. The second-order valence-electron chi connectivity index (χ2n) is 4.60. The van der Waals surface area contributed by atoms with E-state index in [1.54, 1.807) is 18.2 Å². The van der Waals surface area contributed by atoms with Gasteiger partial charge < -0.3 is 19.2 Å². The third-order valence-corrected chi connectivity index (χ3v) is 3.16. The van der Waals surface area contributed by atoms with Gasteiger partial charge in [0.1, 0.15) is 25.1 Å². The first-order chi connectivity index (χ1) is 10.1. The number of carbonyl (C=O) groups is 1. The summed E-state index contributed by atoms with van der Waals surface area (Å²) in [6.07, 6.45) is -1.18. The molecule has 21 heavy (non-hydrogen) atoms. The molecule has 113 valence electrons. The fourth-order valence-corrected chi connectivity index (χ4v) is 2.12. The van der Waals surface area contributed by atoms with Gasteiger partial charge in [0.25, 0.3) is 0 Å². The average Bonchev–Trinajstić information content (AvgIpc) is 2.67. The number of hydrogen-bond donors (Lipinski definition) is 2. The van der Waals surface area contributed by atoms with Gasteiger partial charge in [-0.2, -0.15) is 0 Å². The van der Waals surface area contributed by atoms with Gasteiger partial charge >= 0.3 is 13.5 Å². The number of hydrogen-bond acceptors (Lipinski definition) is 6. The first-order valence-electron chi connectivity index (χ1n) is 6.51. The second-order valence-corrected chi connectivity index (χ2v) is 4.87. The normalized spacial score (nSPS) is 18.7. The fourth-order valence-electron chi connectivity index (χ4n) is 1.97. The van der Waals surface area contributed by atoms with Gasteiger partial charge in [-0.15, -0.1) is 0 Å². The molecule has 0 amide bonds. The topological polar surface area (TPSA) is 77.0 Å². The summed E-state index contributed by atoms with van der Waals surface area (Å²) in [5, 5.41) is 10.1. The number of esters is 1. The third-order valence-electron chi connectivity index (χ3n) is 3.00. The highest BCUT2D eigenvalue weighted by Gasteiger charge is 2.24. The van der Waals surface area contributed by atoms with Crippen LogP contribution in [0.25, 0.3) is 0 Å². The zero-order valence-corrected chi connectivity index (χ0v) is 12.3. The van der Waals surface area contributed by atoms with Crippen molar-refractivity contribution in [2.45, 2.75) is 19.1 Å². The summed E-state index contributed by atoms with van der Waals surface area (Å²) in [6.45, 7) is 1.90. The predicted molar refractivity (Wildman–Crippen MR) is 77.6 cm³/mol. The summed E-state index contributed by atoms with van der Waals surface area (Å²) >= 11 is 5.42. The molecule has 6 nitrogen and oxygen atoms in total. The van der Waals surface area contributed by atoms with E-state index in [2.05, 4.69) is 4.84 Å². The summed E-state index contributed by atoms with van der Waals surface area (Å²) in [7, 11) is 1.52. The number of carbonyl (C=O) groups excluding carboxylic acids is 1. The van der Waals surface area contributed by atoms with Crippen LogP contribution in [-0.4, -0.2) is 44.4 Å². The first-order valence-corrected chi connectivity index (χ1v) is 6.89. The van der Waals surface area contributed by atoms with Crippen molar-refractivity contribution in [2.75, 3.05) is 19.8 Å². The quantitative estimate of drug-likeness (QED) is 0.454. The van der Waals surface area contributed by atoms with Crippen LogP contribution < -0.4 is 15.0 Å². The number of nitrogens with one attached hydrogen (secondary N) is 1. The van der Waals surface area contributed by atoms with Crippen LogP contribution in [0.2, 0.25) is 0 Å². The average molecular weight is 313 g/mol. The summed E-state index contributed by atoms with van der Waals surface area (Å²) < 4.78 is 16.1. The van der Waals surface area contributed by atoms with E-state index in [0.29, 0.717) is 16.8 Å². The maximum atomic E-state index is 10.8. The van der Waals surface area contributed by atoms with Crippen LogP contribution in [0.15, 0.2) is 18.2 Å². The van der Waals surface area contributed by atoms with E-state index >= 15 is 0 Å². The van der Waals surface area contributed by atoms with Crippen molar-refractivity contribution in [3.63, 3.8) is 0 Å². The van der Waals surface area contributed by atoms with Crippen LogP contribution >= 0.6 is 11.8 Å². The Morgan fingerprint density at radius 1 is 1.67 bits per heavy atom. The number of fused-ring (bicyclic) bond motifs is 1. The van der Waals surface area contributed by atoms with Crippen molar-refractivity contribution in [1.82, 2.24) is 4.84 Å². The van der Waals surface area contributed by atoms with Gasteiger partial charge in [0, 0.05) is 13.5 Å². The summed E-state index contributed by atoms with van der Waals surface area (Å²) in [5.41, 5.74) is 1.30. The van der Waals surface area contributed by atoms with Crippen LogP contribution in [0.5, 0.6) is 5.75 Å². The van der Waals surface area contributed by atoms with E-state index in [1.807, 2.05) is 0 Å². The molecule has 0 aliphatic carbocycles. The Morgan fingerprint density at radius 2 is 2.48 bits per heavy atom. The number of aliphatic hydroxyl groups excluding tert-OH is 1. The maximum absolute atomic E-state index is 10.8. The fraction of sp³-hybridized carbons (Fsp3) is 0.462. The van der Waals surface area contributed by atoms with Gasteiger partial charge in [-0.05, 0) is 28.9 Å². The van der Waals surface area contributed by atoms with Crippen LogP contribution in [0, 0.1) is 0 Å². The Kier molecular flexibility index (Phi) is 5.87. The summed E-state index contributed by atoms with van der Waals surface area (Å²) in [5.74, 6) is 0.233. The van der Waals surface area contributed by atoms with Crippen LogP contribution in [0.4, 0.5) is 0 Å². The molecule has 0 spiro atoms. The lowest BCUT2D eigenvalue weighted by molar-refractivity contribution is -0.143. The molecule has 0 saturated heterocycles. The van der Waals surface area contributed by atoms with Crippen molar-refractivity contribution >= 4 is 30.7 Å². The lowest BCUT2D eigenvalue weighted by Gasteiger charge is -2.15. The molecule has 0 aromatic heterocycles. The molecule has 1 aromatic carbocycles. The van der Waals surface area contributed by atoms with Gasteiger partial charge in [0.15, 0.2) is 0 Å². The lowest BCUT2D eigenvalue weighted by Crippen LogP contribution is -2.30. The first kappa shape index (κ1) is 16.1. The van der Waals surface area contributed by atoms with E-state index in [1.165, 1.54) is 14.4 Å². The van der Waals surface area contributed by atoms with Crippen molar-refractivity contribution in [2.24, 2.45) is 0 Å². The number of benzene rings is 1. The molecule has 1 unspecified atom stereocenters. The van der Waals surface area contributed by atoms with E-state index in [4.69, 9.17) is 25.9 Å². The Hall–Kier alpha value is -1.28. The van der Waals surface area contributed by atoms with E-state index < -0.39 is 12.2 Å². The van der Waals surface area contributed by atoms with E-state index in [9.17, 15) is 9.90 Å². The van der Waals surface area contributed by atoms with Crippen molar-refractivity contribution in [1.29, 1.82) is 0 Å². The Labute approximate surface area is 128 Å². The van der Waals surface area contributed by atoms with Gasteiger partial charge in [-0.25, -0.2) is 4.84 Å². The predicted octanol–water partition coefficient (Wildman–Crippen LogP) is 0.0486. The van der Waals surface area contributed by atoms with Crippen molar-refractivity contribution in [3.8, 4) is 5.75 Å². The van der Waals surface area contributed by atoms with Gasteiger partial charge in [0.2, 0.25) is 0 Å². The maximum Gasteiger partial charge on any atom is 0.334 e. The van der Waals surface area contributed by atoms with Crippen LogP contribution in [0.3, 0.4) is 0 Å². The molecule has 0 fully saturated rings. The molecule has 0 bridgehead atoms. The molecule has 1 aliphatic heterocycles. The monoisotopic (exact) mass is 312 g/mol. The standard InChI is InChI=1S/C13H16BClNO5/c1-8(17)19-6-9-7-20-12-4-2-3-10(11(18)5-16-15)13(12)14-21-9/h2-4,9,11,16,18H,5-7H2,1H3/t9-,11?/m1/s1. The third kappa shape index (κ3) is 4.34. The molecule has 1 aromatic rings. The van der Waals surface area contributed by atoms with Gasteiger partial charge in [-0.3, -0.25) is 4.79 Å². The Balaban J connectivity index is 2.09. The van der Waals surface area contributed by atoms with Crippen LogP contribution in [-0.2, 0) is 14.2 Å². The van der Waals surface area contributed by atoms with Crippen molar-refractivity contribution in [3.05, 3.63) is 23.8 Å². The molecule has 0 saturated carbocycles. The van der Waals surface area contributed by atoms with Gasteiger partial charge in [-0.1, -0.05) is 12.1 Å². The number of aliphatic hydroxyl groups is 1. The highest BCUT2D eigenvalue weighted by Crippen LogP contribution is 2.19. The molecule has 2 N–H and O–H groups in total. The largest absolute Gasteiger partial charge is 0.491 e. The van der Waals surface area contributed by atoms with E-state index in [0.717, 1.165) is 0 Å².